The summed E-state index contributed by atoms with van der Waals surface area (Å²) in [5.74, 6) is -0.705. The molecule has 3 aromatic carbocycles. The van der Waals surface area contributed by atoms with E-state index in [2.05, 4.69) is 38.3 Å². The third kappa shape index (κ3) is 4.52. The van der Waals surface area contributed by atoms with E-state index in [0.717, 1.165) is 48.2 Å². The Morgan fingerprint density at radius 3 is 2.48 bits per heavy atom. The molecule has 170 valence electrons. The number of halogens is 3. The lowest BCUT2D eigenvalue weighted by molar-refractivity contribution is 0.160. The van der Waals surface area contributed by atoms with Crippen LogP contribution in [0, 0.1) is 11.6 Å². The lowest BCUT2D eigenvalue weighted by Gasteiger charge is -2.40. The zero-order valence-electron chi connectivity index (χ0n) is 18.0. The van der Waals surface area contributed by atoms with Crippen molar-refractivity contribution >= 4 is 33.3 Å². The van der Waals surface area contributed by atoms with Crippen molar-refractivity contribution < 1.29 is 13.6 Å². The van der Waals surface area contributed by atoms with Gasteiger partial charge < -0.3 is 5.32 Å². The fourth-order valence-electron chi connectivity index (χ4n) is 5.04. The van der Waals surface area contributed by atoms with E-state index < -0.39 is 5.82 Å². The monoisotopic (exact) mass is 511 g/mol. The van der Waals surface area contributed by atoms with Crippen molar-refractivity contribution in [2.45, 2.75) is 24.8 Å². The largest absolute Gasteiger partial charge is 0.326 e. The number of urea groups is 1. The van der Waals surface area contributed by atoms with Gasteiger partial charge in [0.2, 0.25) is 0 Å². The highest BCUT2D eigenvalue weighted by molar-refractivity contribution is 9.10. The first kappa shape index (κ1) is 22.0. The maximum absolute atomic E-state index is 14.2. The summed E-state index contributed by atoms with van der Waals surface area (Å²) < 4.78 is 28.9. The fourth-order valence-corrected chi connectivity index (χ4v) is 5.49. The summed E-state index contributed by atoms with van der Waals surface area (Å²) in [6.45, 7) is 3.07. The van der Waals surface area contributed by atoms with Crippen molar-refractivity contribution in [1.82, 2.24) is 4.90 Å². The number of rotatable bonds is 3. The van der Waals surface area contributed by atoms with Crippen LogP contribution < -0.4 is 10.2 Å². The molecule has 7 heteroatoms. The fraction of sp³-hybridized carbons (Fsp3) is 0.269. The first-order valence-corrected chi connectivity index (χ1v) is 11.8. The zero-order valence-corrected chi connectivity index (χ0v) is 19.6. The molecular weight excluding hydrogens is 488 g/mol. The zero-order chi connectivity index (χ0) is 23.0. The minimum atomic E-state index is -0.411. The number of nitrogens with one attached hydrogen (secondary N) is 1. The Balaban J connectivity index is 1.35. The highest BCUT2D eigenvalue weighted by Gasteiger charge is 2.46. The Morgan fingerprint density at radius 1 is 0.970 bits per heavy atom. The van der Waals surface area contributed by atoms with Crippen molar-refractivity contribution in [3.63, 3.8) is 0 Å². The second-order valence-corrected chi connectivity index (χ2v) is 9.79. The molecule has 0 radical (unpaired) electrons. The van der Waals surface area contributed by atoms with E-state index in [4.69, 9.17) is 0 Å². The van der Waals surface area contributed by atoms with Crippen LogP contribution in [-0.2, 0) is 12.0 Å². The number of hydrogen-bond acceptors (Lipinski definition) is 2. The van der Waals surface area contributed by atoms with Crippen LogP contribution in [0.4, 0.5) is 25.0 Å². The molecule has 33 heavy (non-hydrogen) atoms. The molecule has 5 rings (SSSR count). The molecule has 1 N–H and O–H groups in total. The smallest absolute Gasteiger partial charge is 0.307 e. The van der Waals surface area contributed by atoms with Crippen LogP contribution in [0.2, 0.25) is 0 Å². The highest BCUT2D eigenvalue weighted by Crippen LogP contribution is 2.47. The normalized spacial score (nSPS) is 17.2. The standard InChI is InChI=1S/C26H24BrF2N3O/c27-19-4-1-3-18(13-19)16-31-11-9-26(10-12-31)17-32(24-8-7-21(29)15-23(24)26)25(33)30-22-6-2-5-20(28)14-22/h1-8,13-15H,9-12,16-17H2,(H,30,33). The van der Waals surface area contributed by atoms with E-state index in [-0.39, 0.29) is 17.3 Å². The third-order valence-corrected chi connectivity index (χ3v) is 7.20. The number of benzene rings is 3. The van der Waals surface area contributed by atoms with Crippen molar-refractivity contribution in [2.75, 3.05) is 29.9 Å². The van der Waals surface area contributed by atoms with Gasteiger partial charge in [0, 0.05) is 34.4 Å². The number of anilines is 2. The van der Waals surface area contributed by atoms with Gasteiger partial charge in [0.1, 0.15) is 11.6 Å². The lowest BCUT2D eigenvalue weighted by Crippen LogP contribution is -2.46. The van der Waals surface area contributed by atoms with Gasteiger partial charge in [-0.25, -0.2) is 13.6 Å². The number of hydrogen-bond donors (Lipinski definition) is 1. The molecule has 0 unspecified atom stereocenters. The Kier molecular flexibility index (Phi) is 5.93. The quantitative estimate of drug-likeness (QED) is 0.446. The third-order valence-electron chi connectivity index (χ3n) is 6.71. The first-order chi connectivity index (χ1) is 15.9. The van der Waals surface area contributed by atoms with E-state index in [9.17, 15) is 13.6 Å². The van der Waals surface area contributed by atoms with Crippen LogP contribution in [-0.4, -0.2) is 30.6 Å². The summed E-state index contributed by atoms with van der Waals surface area (Å²) in [5, 5.41) is 2.79. The molecule has 1 saturated heterocycles. The molecule has 2 aliphatic heterocycles. The average Bonchev–Trinajstić information content (AvgIpc) is 3.09. The number of carbonyl (C=O) groups excluding carboxylic acids is 1. The number of piperidine rings is 1. The number of nitrogens with zero attached hydrogens (tertiary/aromatic N) is 2. The van der Waals surface area contributed by atoms with E-state index in [1.807, 2.05) is 12.1 Å². The molecule has 4 nitrogen and oxygen atoms in total. The summed E-state index contributed by atoms with van der Waals surface area (Å²) in [7, 11) is 0. The first-order valence-electron chi connectivity index (χ1n) is 11.0. The van der Waals surface area contributed by atoms with E-state index >= 15 is 0 Å². The van der Waals surface area contributed by atoms with Gasteiger partial charge in [0.15, 0.2) is 0 Å². The summed E-state index contributed by atoms with van der Waals surface area (Å²) in [5.41, 5.74) is 2.97. The molecule has 3 aromatic rings. The van der Waals surface area contributed by atoms with E-state index in [1.54, 1.807) is 29.2 Å². The van der Waals surface area contributed by atoms with E-state index in [0.29, 0.717) is 12.2 Å². The molecule has 2 heterocycles. The van der Waals surface area contributed by atoms with Crippen LogP contribution >= 0.6 is 15.9 Å². The second-order valence-electron chi connectivity index (χ2n) is 8.87. The molecule has 0 aromatic heterocycles. The minimum Gasteiger partial charge on any atom is -0.307 e. The Morgan fingerprint density at radius 2 is 1.73 bits per heavy atom. The van der Waals surface area contributed by atoms with Gasteiger partial charge in [-0.3, -0.25) is 9.80 Å². The number of fused-ring (bicyclic) bond motifs is 2. The number of likely N-dealkylation sites (tertiary alicyclic amines) is 1. The van der Waals surface area contributed by atoms with Gasteiger partial charge in [0.05, 0.1) is 0 Å². The summed E-state index contributed by atoms with van der Waals surface area (Å²) in [6, 6.07) is 18.4. The van der Waals surface area contributed by atoms with Crippen LogP contribution in [0.1, 0.15) is 24.0 Å². The van der Waals surface area contributed by atoms with Gasteiger partial charge in [0.25, 0.3) is 0 Å². The predicted octanol–water partition coefficient (Wildman–Crippen LogP) is 6.31. The molecular formula is C26H24BrF2N3O. The Hall–Kier alpha value is -2.77. The van der Waals surface area contributed by atoms with Gasteiger partial charge in [-0.2, -0.15) is 0 Å². The molecule has 1 fully saturated rings. The SMILES string of the molecule is O=C(Nc1cccc(F)c1)N1CC2(CCN(Cc3cccc(Br)c3)CC2)c2cc(F)ccc21. The predicted molar refractivity (Wildman–Crippen MR) is 129 cm³/mol. The highest BCUT2D eigenvalue weighted by atomic mass is 79.9. The van der Waals surface area contributed by atoms with Crippen molar-refractivity contribution in [1.29, 1.82) is 0 Å². The van der Waals surface area contributed by atoms with Crippen molar-refractivity contribution in [3.8, 4) is 0 Å². The molecule has 0 aliphatic carbocycles. The molecule has 0 atom stereocenters. The van der Waals surface area contributed by atoms with Crippen LogP contribution in [0.15, 0.2) is 71.2 Å². The van der Waals surface area contributed by atoms with Gasteiger partial charge in [-0.15, -0.1) is 0 Å². The lowest BCUT2D eigenvalue weighted by atomic mass is 9.74. The second kappa shape index (κ2) is 8.88. The van der Waals surface area contributed by atoms with Crippen LogP contribution in [0.3, 0.4) is 0 Å². The van der Waals surface area contributed by atoms with Crippen LogP contribution in [0.5, 0.6) is 0 Å². The number of amides is 2. The van der Waals surface area contributed by atoms with Gasteiger partial charge in [-0.05, 0) is 85.6 Å². The van der Waals surface area contributed by atoms with Crippen molar-refractivity contribution in [2.24, 2.45) is 0 Å². The van der Waals surface area contributed by atoms with E-state index in [1.165, 1.54) is 23.8 Å². The average molecular weight is 512 g/mol. The van der Waals surface area contributed by atoms with Crippen LogP contribution in [0.25, 0.3) is 0 Å². The maximum atomic E-state index is 14.2. The summed E-state index contributed by atoms with van der Waals surface area (Å²) in [4.78, 5) is 17.2. The molecule has 2 amide bonds. The Labute approximate surface area is 200 Å². The molecule has 2 aliphatic rings. The van der Waals surface area contributed by atoms with Gasteiger partial charge in [-0.1, -0.05) is 34.1 Å². The Bertz CT molecular complexity index is 1190. The topological polar surface area (TPSA) is 35.6 Å². The molecule has 1 spiro atoms. The van der Waals surface area contributed by atoms with Crippen molar-refractivity contribution in [3.05, 3.63) is 94.0 Å². The minimum absolute atomic E-state index is 0.287. The van der Waals surface area contributed by atoms with Gasteiger partial charge >= 0.3 is 6.03 Å². The molecule has 0 saturated carbocycles. The molecule has 0 bridgehead atoms. The summed E-state index contributed by atoms with van der Waals surface area (Å²) in [6.07, 6.45) is 1.67. The number of carbonyl (C=O) groups is 1. The summed E-state index contributed by atoms with van der Waals surface area (Å²) >= 11 is 3.53. The maximum Gasteiger partial charge on any atom is 0.326 e.